The molecular weight excluding hydrogens is 246 g/mol. The fourth-order valence-electron chi connectivity index (χ4n) is 2.54. The van der Waals surface area contributed by atoms with Crippen molar-refractivity contribution in [1.29, 1.82) is 0 Å². The van der Waals surface area contributed by atoms with Gasteiger partial charge in [0.15, 0.2) is 0 Å². The van der Waals surface area contributed by atoms with Crippen LogP contribution < -0.4 is 4.74 Å². The lowest BCUT2D eigenvalue weighted by molar-refractivity contribution is -0.385. The molecule has 0 saturated heterocycles. The third kappa shape index (κ3) is 3.30. The topological polar surface area (TPSA) is 69.4 Å². The van der Waals surface area contributed by atoms with Gasteiger partial charge in [0, 0.05) is 18.4 Å². The minimum absolute atomic E-state index is 0.000426. The lowest BCUT2D eigenvalue weighted by Crippen LogP contribution is -2.21. The van der Waals surface area contributed by atoms with Crippen LogP contribution in [0.5, 0.6) is 5.75 Å². The van der Waals surface area contributed by atoms with Crippen molar-refractivity contribution < 1.29 is 14.5 Å². The van der Waals surface area contributed by atoms with Crippen LogP contribution in [0.15, 0.2) is 18.2 Å². The summed E-state index contributed by atoms with van der Waals surface area (Å²) < 4.78 is 5.07. The molecular formula is C14H17NO4. The Morgan fingerprint density at radius 3 is 2.79 bits per heavy atom. The van der Waals surface area contributed by atoms with Crippen LogP contribution in [0.2, 0.25) is 0 Å². The van der Waals surface area contributed by atoms with E-state index in [9.17, 15) is 14.9 Å². The number of ketones is 1. The van der Waals surface area contributed by atoms with Crippen LogP contribution in [0.1, 0.15) is 31.2 Å². The molecule has 1 atom stereocenters. The Balaban J connectivity index is 2.21. The van der Waals surface area contributed by atoms with Gasteiger partial charge in [-0.25, -0.2) is 0 Å². The van der Waals surface area contributed by atoms with Crippen molar-refractivity contribution in [2.75, 3.05) is 7.11 Å². The van der Waals surface area contributed by atoms with Crippen LogP contribution in [0.25, 0.3) is 0 Å². The largest absolute Gasteiger partial charge is 0.496 e. The summed E-state index contributed by atoms with van der Waals surface area (Å²) in [5.41, 5.74) is 0.809. The molecule has 0 aromatic heterocycles. The molecule has 5 heteroatoms. The highest BCUT2D eigenvalue weighted by molar-refractivity contribution is 5.81. The number of nitro groups is 1. The maximum absolute atomic E-state index is 11.8. The van der Waals surface area contributed by atoms with Gasteiger partial charge in [-0.1, -0.05) is 6.42 Å². The summed E-state index contributed by atoms with van der Waals surface area (Å²) in [7, 11) is 1.48. The second-order valence-corrected chi connectivity index (χ2v) is 4.91. The van der Waals surface area contributed by atoms with Crippen molar-refractivity contribution in [3.05, 3.63) is 33.9 Å². The Hall–Kier alpha value is -1.91. The fourth-order valence-corrected chi connectivity index (χ4v) is 2.54. The van der Waals surface area contributed by atoms with Crippen molar-refractivity contribution in [2.24, 2.45) is 5.92 Å². The van der Waals surface area contributed by atoms with E-state index >= 15 is 0 Å². The Labute approximate surface area is 111 Å². The average Bonchev–Trinajstić information content (AvgIpc) is 2.41. The Morgan fingerprint density at radius 2 is 2.16 bits per heavy atom. The zero-order chi connectivity index (χ0) is 13.8. The number of nitrogens with zero attached hydrogens (tertiary/aromatic N) is 1. The van der Waals surface area contributed by atoms with Gasteiger partial charge < -0.3 is 4.74 Å². The second kappa shape index (κ2) is 5.82. The van der Waals surface area contributed by atoms with Crippen molar-refractivity contribution >= 4 is 11.5 Å². The van der Waals surface area contributed by atoms with E-state index in [1.165, 1.54) is 19.2 Å². The Kier molecular flexibility index (Phi) is 4.14. The SMILES string of the molecule is COc1cc(CC2CCCCC2=O)cc([N+](=O)[O-])c1. The first-order valence-electron chi connectivity index (χ1n) is 6.45. The van der Waals surface area contributed by atoms with E-state index in [4.69, 9.17) is 4.74 Å². The van der Waals surface area contributed by atoms with Gasteiger partial charge in [-0.15, -0.1) is 0 Å². The molecule has 0 aliphatic heterocycles. The number of hydrogen-bond donors (Lipinski definition) is 0. The summed E-state index contributed by atoms with van der Waals surface area (Å²) in [6, 6.07) is 4.70. The Bertz CT molecular complexity index is 498. The quantitative estimate of drug-likeness (QED) is 0.618. The number of non-ortho nitro benzene ring substituents is 1. The molecule has 1 aromatic rings. The summed E-state index contributed by atoms with van der Waals surface area (Å²) >= 11 is 0. The van der Waals surface area contributed by atoms with Gasteiger partial charge in [0.25, 0.3) is 5.69 Å². The second-order valence-electron chi connectivity index (χ2n) is 4.91. The highest BCUT2D eigenvalue weighted by Gasteiger charge is 2.23. The highest BCUT2D eigenvalue weighted by atomic mass is 16.6. The van der Waals surface area contributed by atoms with Gasteiger partial charge in [0.05, 0.1) is 18.1 Å². The van der Waals surface area contributed by atoms with E-state index in [1.807, 2.05) is 0 Å². The molecule has 0 spiro atoms. The van der Waals surface area contributed by atoms with Crippen molar-refractivity contribution in [3.8, 4) is 5.75 Å². The summed E-state index contributed by atoms with van der Waals surface area (Å²) in [4.78, 5) is 22.2. The van der Waals surface area contributed by atoms with Crippen LogP contribution >= 0.6 is 0 Å². The molecule has 1 aromatic carbocycles. The zero-order valence-electron chi connectivity index (χ0n) is 10.9. The first kappa shape index (κ1) is 13.5. The van der Waals surface area contributed by atoms with Gasteiger partial charge in [-0.05, 0) is 30.9 Å². The number of methoxy groups -OCH3 is 1. The van der Waals surface area contributed by atoms with E-state index in [0.717, 1.165) is 24.8 Å². The maximum atomic E-state index is 11.8. The normalized spacial score (nSPS) is 19.2. The minimum atomic E-state index is -0.436. The zero-order valence-corrected chi connectivity index (χ0v) is 10.9. The molecule has 1 aliphatic carbocycles. The molecule has 1 fully saturated rings. The fraction of sp³-hybridized carbons (Fsp3) is 0.500. The third-order valence-corrected chi connectivity index (χ3v) is 3.56. The summed E-state index contributed by atoms with van der Waals surface area (Å²) in [5.74, 6) is 0.740. The first-order chi connectivity index (χ1) is 9.10. The van der Waals surface area contributed by atoms with E-state index in [0.29, 0.717) is 18.6 Å². The molecule has 19 heavy (non-hydrogen) atoms. The number of Topliss-reactive ketones (excluding diaryl/α,β-unsaturated/α-hetero) is 1. The average molecular weight is 263 g/mol. The molecule has 2 rings (SSSR count). The highest BCUT2D eigenvalue weighted by Crippen LogP contribution is 2.28. The standard InChI is InChI=1S/C14H17NO4/c1-19-13-8-10(7-12(9-13)15(17)18)6-11-4-2-3-5-14(11)16/h7-9,11H,2-6H2,1H3. The molecule has 1 unspecified atom stereocenters. The number of rotatable bonds is 4. The number of carbonyl (C=O) groups excluding carboxylic acids is 1. The number of benzene rings is 1. The lowest BCUT2D eigenvalue weighted by Gasteiger charge is -2.20. The molecule has 0 N–H and O–H groups in total. The van der Waals surface area contributed by atoms with E-state index in [2.05, 4.69) is 0 Å². The predicted octanol–water partition coefficient (Wildman–Crippen LogP) is 2.91. The Morgan fingerprint density at radius 1 is 1.37 bits per heavy atom. The molecule has 5 nitrogen and oxygen atoms in total. The third-order valence-electron chi connectivity index (χ3n) is 3.56. The lowest BCUT2D eigenvalue weighted by atomic mass is 9.83. The monoisotopic (exact) mass is 263 g/mol. The summed E-state index contributed by atoms with van der Waals surface area (Å²) in [5, 5.41) is 10.9. The number of hydrogen-bond acceptors (Lipinski definition) is 4. The molecule has 1 aliphatic rings. The predicted molar refractivity (Wildman–Crippen MR) is 70.3 cm³/mol. The number of nitro benzene ring substituents is 1. The van der Waals surface area contributed by atoms with Gasteiger partial charge in [-0.2, -0.15) is 0 Å². The minimum Gasteiger partial charge on any atom is -0.496 e. The van der Waals surface area contributed by atoms with Gasteiger partial charge in [0.2, 0.25) is 0 Å². The van der Waals surface area contributed by atoms with Gasteiger partial charge in [-0.3, -0.25) is 14.9 Å². The van der Waals surface area contributed by atoms with E-state index in [-0.39, 0.29) is 17.4 Å². The van der Waals surface area contributed by atoms with Crippen LogP contribution in [0.4, 0.5) is 5.69 Å². The smallest absolute Gasteiger partial charge is 0.273 e. The summed E-state index contributed by atoms with van der Waals surface area (Å²) in [6.07, 6.45) is 4.10. The number of carbonyl (C=O) groups is 1. The van der Waals surface area contributed by atoms with Crippen molar-refractivity contribution in [1.82, 2.24) is 0 Å². The van der Waals surface area contributed by atoms with Crippen LogP contribution in [-0.4, -0.2) is 17.8 Å². The van der Waals surface area contributed by atoms with Crippen molar-refractivity contribution in [2.45, 2.75) is 32.1 Å². The van der Waals surface area contributed by atoms with E-state index in [1.54, 1.807) is 6.07 Å². The molecule has 0 radical (unpaired) electrons. The first-order valence-corrected chi connectivity index (χ1v) is 6.45. The van der Waals surface area contributed by atoms with Crippen LogP contribution in [-0.2, 0) is 11.2 Å². The van der Waals surface area contributed by atoms with Crippen molar-refractivity contribution in [3.63, 3.8) is 0 Å². The van der Waals surface area contributed by atoms with Crippen LogP contribution in [0, 0.1) is 16.0 Å². The molecule has 0 bridgehead atoms. The van der Waals surface area contributed by atoms with E-state index < -0.39 is 4.92 Å². The van der Waals surface area contributed by atoms with Gasteiger partial charge in [0.1, 0.15) is 11.5 Å². The molecule has 0 amide bonds. The molecule has 1 saturated carbocycles. The molecule has 0 heterocycles. The number of ether oxygens (including phenoxy) is 1. The molecule has 102 valence electrons. The maximum Gasteiger partial charge on any atom is 0.273 e. The summed E-state index contributed by atoms with van der Waals surface area (Å²) in [6.45, 7) is 0. The van der Waals surface area contributed by atoms with Gasteiger partial charge >= 0.3 is 0 Å². The van der Waals surface area contributed by atoms with Crippen LogP contribution in [0.3, 0.4) is 0 Å².